The molecule has 0 saturated carbocycles. The van der Waals surface area contributed by atoms with E-state index < -0.39 is 6.29 Å². The Kier molecular flexibility index (Phi) is 6.96. The van der Waals surface area contributed by atoms with E-state index in [-0.39, 0.29) is 29.9 Å². The summed E-state index contributed by atoms with van der Waals surface area (Å²) in [6.45, 7) is 3.07. The molecule has 0 bridgehead atoms. The van der Waals surface area contributed by atoms with E-state index in [9.17, 15) is 5.11 Å². The first-order valence-corrected chi connectivity index (χ1v) is 10.9. The fourth-order valence-electron chi connectivity index (χ4n) is 3.80. The zero-order valence-corrected chi connectivity index (χ0v) is 18.6. The number of benzene rings is 2. The summed E-state index contributed by atoms with van der Waals surface area (Å²) in [7, 11) is 0. The maximum absolute atomic E-state index is 9.37. The monoisotopic (exact) mass is 461 g/mol. The number of imidazole rings is 1. The fourth-order valence-corrected chi connectivity index (χ4v) is 4.12. The lowest BCUT2D eigenvalue weighted by atomic mass is 9.90. The largest absolute Gasteiger partial charge is 0.392 e. The van der Waals surface area contributed by atoms with E-state index in [4.69, 9.17) is 38.4 Å². The van der Waals surface area contributed by atoms with Gasteiger partial charge < -0.3 is 24.9 Å². The molecule has 0 aliphatic carbocycles. The highest BCUT2D eigenvalue weighted by Crippen LogP contribution is 2.42. The summed E-state index contributed by atoms with van der Waals surface area (Å²) in [4.78, 5) is 4.07. The lowest BCUT2D eigenvalue weighted by Gasteiger charge is -2.41. The molecule has 1 saturated heterocycles. The number of rotatable bonds is 6. The maximum Gasteiger partial charge on any atom is 0.184 e. The molecule has 3 N–H and O–H groups in total. The van der Waals surface area contributed by atoms with Crippen molar-refractivity contribution >= 4 is 23.2 Å². The average molecular weight is 462 g/mol. The summed E-state index contributed by atoms with van der Waals surface area (Å²) in [5, 5.41) is 10.0. The van der Waals surface area contributed by atoms with Crippen molar-refractivity contribution in [2.24, 2.45) is 11.7 Å². The van der Waals surface area contributed by atoms with Crippen molar-refractivity contribution in [1.82, 2.24) is 9.55 Å². The van der Waals surface area contributed by atoms with Gasteiger partial charge in [0.25, 0.3) is 0 Å². The predicted molar refractivity (Wildman–Crippen MR) is 120 cm³/mol. The molecule has 0 amide bonds. The molecule has 1 aromatic heterocycles. The van der Waals surface area contributed by atoms with Crippen LogP contribution in [0.4, 0.5) is 0 Å². The summed E-state index contributed by atoms with van der Waals surface area (Å²) >= 11 is 12.3. The van der Waals surface area contributed by atoms with Gasteiger partial charge in [-0.3, -0.25) is 0 Å². The lowest BCUT2D eigenvalue weighted by molar-refractivity contribution is -0.276. The lowest BCUT2D eigenvalue weighted by Crippen LogP contribution is -2.39. The molecule has 6 nitrogen and oxygen atoms in total. The summed E-state index contributed by atoms with van der Waals surface area (Å²) < 4.78 is 14.6. The molecule has 1 aliphatic heterocycles. The molecule has 31 heavy (non-hydrogen) atoms. The van der Waals surface area contributed by atoms with Gasteiger partial charge in [0.1, 0.15) is 5.15 Å². The van der Waals surface area contributed by atoms with Crippen molar-refractivity contribution in [1.29, 1.82) is 0 Å². The molecule has 164 valence electrons. The second-order valence-electron chi connectivity index (χ2n) is 7.75. The van der Waals surface area contributed by atoms with Gasteiger partial charge in [0.2, 0.25) is 0 Å². The number of hydrogen-bond donors (Lipinski definition) is 2. The Hall–Kier alpha value is -1.93. The average Bonchev–Trinajstić information content (AvgIpc) is 3.12. The van der Waals surface area contributed by atoms with Gasteiger partial charge in [0, 0.05) is 18.0 Å². The van der Waals surface area contributed by atoms with Crippen molar-refractivity contribution in [2.45, 2.75) is 45.1 Å². The Balaban J connectivity index is 1.64. The summed E-state index contributed by atoms with van der Waals surface area (Å²) in [5.74, 6) is 0.0248. The molecule has 4 atom stereocenters. The Morgan fingerprint density at radius 2 is 1.65 bits per heavy atom. The second-order valence-corrected chi connectivity index (χ2v) is 8.46. The molecular formula is C23H25Cl2N3O3. The van der Waals surface area contributed by atoms with Crippen LogP contribution in [0.1, 0.15) is 41.6 Å². The van der Waals surface area contributed by atoms with Crippen LogP contribution in [0.15, 0.2) is 54.9 Å². The number of aliphatic hydroxyl groups is 1. The van der Waals surface area contributed by atoms with Gasteiger partial charge >= 0.3 is 0 Å². The molecule has 2 aromatic carbocycles. The number of ether oxygens (including phenoxy) is 2. The van der Waals surface area contributed by atoms with Crippen LogP contribution in [0, 0.1) is 5.92 Å². The van der Waals surface area contributed by atoms with Crippen molar-refractivity contribution in [2.75, 3.05) is 0 Å². The number of aromatic nitrogens is 2. The normalized spacial score (nSPS) is 23.8. The van der Waals surface area contributed by atoms with Gasteiger partial charge in [0.05, 0.1) is 31.7 Å². The predicted octanol–water partition coefficient (Wildman–Crippen LogP) is 4.63. The van der Waals surface area contributed by atoms with Gasteiger partial charge in [-0.1, -0.05) is 78.7 Å². The molecule has 4 rings (SSSR count). The Bertz CT molecular complexity index is 1010. The third-order valence-corrected chi connectivity index (χ3v) is 6.49. The van der Waals surface area contributed by atoms with Gasteiger partial charge in [-0.05, 0) is 16.7 Å². The minimum absolute atomic E-state index is 0.00307. The first kappa shape index (κ1) is 22.3. The maximum atomic E-state index is 9.37. The van der Waals surface area contributed by atoms with E-state index in [0.29, 0.717) is 18.2 Å². The fraction of sp³-hybridized carbons (Fsp3) is 0.348. The third kappa shape index (κ3) is 4.80. The van der Waals surface area contributed by atoms with Crippen LogP contribution >= 0.6 is 23.2 Å². The SMILES string of the molecule is C[C@H]1[C@@H](Cn2cnc(Cl)c2Cl)O[C@@H](c2ccc(CN)cc2)O[C@H]1c1ccc(CO)cc1. The van der Waals surface area contributed by atoms with E-state index in [2.05, 4.69) is 11.9 Å². The second kappa shape index (κ2) is 9.69. The highest BCUT2D eigenvalue weighted by Gasteiger charge is 2.38. The van der Waals surface area contributed by atoms with Gasteiger partial charge in [-0.2, -0.15) is 0 Å². The molecule has 0 spiro atoms. The van der Waals surface area contributed by atoms with E-state index in [1.807, 2.05) is 48.5 Å². The number of nitrogens with zero attached hydrogens (tertiary/aromatic N) is 2. The first-order chi connectivity index (χ1) is 15.0. The number of nitrogens with two attached hydrogens (primary N) is 1. The van der Waals surface area contributed by atoms with Crippen molar-refractivity contribution in [3.63, 3.8) is 0 Å². The van der Waals surface area contributed by atoms with Crippen LogP contribution in [-0.4, -0.2) is 20.8 Å². The molecule has 2 heterocycles. The zero-order valence-electron chi connectivity index (χ0n) is 17.1. The zero-order chi connectivity index (χ0) is 22.0. The van der Waals surface area contributed by atoms with E-state index in [1.54, 1.807) is 10.9 Å². The van der Waals surface area contributed by atoms with Crippen LogP contribution < -0.4 is 5.73 Å². The van der Waals surface area contributed by atoms with Crippen LogP contribution in [0.25, 0.3) is 0 Å². The summed E-state index contributed by atoms with van der Waals surface area (Å²) in [5.41, 5.74) is 9.57. The van der Waals surface area contributed by atoms with Crippen molar-refractivity contribution in [3.8, 4) is 0 Å². The minimum atomic E-state index is -0.548. The number of halogens is 2. The Morgan fingerprint density at radius 1 is 1.00 bits per heavy atom. The van der Waals surface area contributed by atoms with E-state index in [1.165, 1.54) is 0 Å². The number of aliphatic hydroxyl groups excluding tert-OH is 1. The van der Waals surface area contributed by atoms with Gasteiger partial charge in [0.15, 0.2) is 11.4 Å². The molecule has 1 aliphatic rings. The molecular weight excluding hydrogens is 437 g/mol. The molecule has 0 unspecified atom stereocenters. The van der Waals surface area contributed by atoms with Gasteiger partial charge in [-0.25, -0.2) is 4.98 Å². The summed E-state index contributed by atoms with van der Waals surface area (Å²) in [6.07, 6.45) is 0.668. The molecule has 8 heteroatoms. The topological polar surface area (TPSA) is 82.5 Å². The third-order valence-electron chi connectivity index (χ3n) is 5.72. The standard InChI is InChI=1S/C23H25Cl2N3O3/c1-14-19(11-28-13-27-21(24)22(28)25)30-23(18-8-2-15(10-26)3-9-18)31-20(14)17-6-4-16(12-29)5-7-17/h2-9,13-14,19-20,23,29H,10-12,26H2,1H3/t14-,19+,20+,23+/m0/s1. The first-order valence-electron chi connectivity index (χ1n) is 10.2. The molecule has 0 radical (unpaired) electrons. The van der Waals surface area contributed by atoms with Crippen LogP contribution in [0.5, 0.6) is 0 Å². The number of hydrogen-bond acceptors (Lipinski definition) is 5. The smallest absolute Gasteiger partial charge is 0.184 e. The van der Waals surface area contributed by atoms with Crippen molar-refractivity contribution in [3.05, 3.63) is 87.4 Å². The van der Waals surface area contributed by atoms with Crippen LogP contribution in [0.2, 0.25) is 10.3 Å². The summed E-state index contributed by atoms with van der Waals surface area (Å²) in [6, 6.07) is 15.7. The van der Waals surface area contributed by atoms with Gasteiger partial charge in [-0.15, -0.1) is 0 Å². The Morgan fingerprint density at radius 3 is 2.23 bits per heavy atom. The minimum Gasteiger partial charge on any atom is -0.392 e. The van der Waals surface area contributed by atoms with E-state index >= 15 is 0 Å². The van der Waals surface area contributed by atoms with Crippen LogP contribution in [-0.2, 0) is 29.2 Å². The van der Waals surface area contributed by atoms with Crippen molar-refractivity contribution < 1.29 is 14.6 Å². The van der Waals surface area contributed by atoms with E-state index in [0.717, 1.165) is 22.3 Å². The molecule has 3 aromatic rings. The Labute approximate surface area is 191 Å². The highest BCUT2D eigenvalue weighted by molar-refractivity contribution is 6.40. The molecule has 1 fully saturated rings. The van der Waals surface area contributed by atoms with Crippen LogP contribution in [0.3, 0.4) is 0 Å². The highest BCUT2D eigenvalue weighted by atomic mass is 35.5. The quantitative estimate of drug-likeness (QED) is 0.558.